The average molecular weight is 248 g/mol. The lowest BCUT2D eigenvalue weighted by Gasteiger charge is -2.16. The minimum absolute atomic E-state index is 0.101. The molecule has 0 fully saturated rings. The van der Waals surface area contributed by atoms with Gasteiger partial charge in [0, 0.05) is 12.0 Å². The van der Waals surface area contributed by atoms with Gasteiger partial charge in [0.2, 0.25) is 5.78 Å². The van der Waals surface area contributed by atoms with Crippen LogP contribution in [0.4, 0.5) is 8.78 Å². The van der Waals surface area contributed by atoms with Gasteiger partial charge in [-0.1, -0.05) is 30.3 Å². The maximum Gasteiger partial charge on any atom is 0.311 e. The molecule has 1 unspecified atom stereocenters. The lowest BCUT2D eigenvalue weighted by Crippen LogP contribution is -2.31. The smallest absolute Gasteiger partial charge is 0.287 e. The van der Waals surface area contributed by atoms with E-state index in [-0.39, 0.29) is 12.0 Å². The van der Waals surface area contributed by atoms with Crippen molar-refractivity contribution in [1.29, 1.82) is 10.5 Å². The second-order valence-electron chi connectivity index (χ2n) is 3.79. The number of carbonyl (C=O) groups excluding carboxylic acids is 1. The van der Waals surface area contributed by atoms with Crippen LogP contribution in [-0.4, -0.2) is 11.7 Å². The normalized spacial score (nSPS) is 12.2. The van der Waals surface area contributed by atoms with E-state index in [1.807, 2.05) is 0 Å². The van der Waals surface area contributed by atoms with E-state index in [9.17, 15) is 13.6 Å². The highest BCUT2D eigenvalue weighted by Gasteiger charge is 2.41. The van der Waals surface area contributed by atoms with Crippen molar-refractivity contribution in [3.05, 3.63) is 35.9 Å². The molecule has 0 saturated heterocycles. The van der Waals surface area contributed by atoms with Gasteiger partial charge in [0.05, 0.1) is 24.5 Å². The fourth-order valence-electron chi connectivity index (χ4n) is 1.48. The minimum Gasteiger partial charge on any atom is -0.287 e. The molecular formula is C13H10F2N2O. The van der Waals surface area contributed by atoms with Crippen molar-refractivity contribution in [1.82, 2.24) is 0 Å². The molecule has 1 rings (SSSR count). The van der Waals surface area contributed by atoms with Crippen LogP contribution < -0.4 is 0 Å². The summed E-state index contributed by atoms with van der Waals surface area (Å²) in [4.78, 5) is 11.6. The first-order chi connectivity index (χ1) is 8.51. The first kappa shape index (κ1) is 13.8. The van der Waals surface area contributed by atoms with Crippen LogP contribution in [0.2, 0.25) is 0 Å². The van der Waals surface area contributed by atoms with Gasteiger partial charge < -0.3 is 0 Å². The summed E-state index contributed by atoms with van der Waals surface area (Å²) in [7, 11) is 0. The Morgan fingerprint density at radius 1 is 1.28 bits per heavy atom. The van der Waals surface area contributed by atoms with E-state index < -0.39 is 24.0 Å². The van der Waals surface area contributed by atoms with Crippen molar-refractivity contribution in [2.24, 2.45) is 5.92 Å². The zero-order valence-corrected chi connectivity index (χ0v) is 9.44. The molecule has 0 amide bonds. The Morgan fingerprint density at radius 2 is 1.89 bits per heavy atom. The summed E-state index contributed by atoms with van der Waals surface area (Å²) < 4.78 is 27.3. The van der Waals surface area contributed by atoms with E-state index in [4.69, 9.17) is 10.5 Å². The summed E-state index contributed by atoms with van der Waals surface area (Å²) in [5, 5.41) is 17.0. The number of carbonyl (C=O) groups is 1. The zero-order valence-electron chi connectivity index (χ0n) is 9.44. The molecule has 0 spiro atoms. The molecule has 0 radical (unpaired) electrons. The number of hydrogen-bond acceptors (Lipinski definition) is 3. The van der Waals surface area contributed by atoms with Crippen LogP contribution in [0.15, 0.2) is 30.3 Å². The second kappa shape index (κ2) is 5.88. The third-order valence-electron chi connectivity index (χ3n) is 2.39. The Kier molecular flexibility index (Phi) is 4.51. The van der Waals surface area contributed by atoms with Crippen LogP contribution in [0.1, 0.15) is 23.2 Å². The van der Waals surface area contributed by atoms with Crippen molar-refractivity contribution in [2.45, 2.75) is 18.8 Å². The topological polar surface area (TPSA) is 64.7 Å². The number of nitrogens with zero attached hydrogens (tertiary/aromatic N) is 2. The van der Waals surface area contributed by atoms with E-state index in [0.717, 1.165) is 0 Å². The minimum atomic E-state index is -3.63. The van der Waals surface area contributed by atoms with Crippen LogP contribution in [0, 0.1) is 28.6 Å². The van der Waals surface area contributed by atoms with E-state index >= 15 is 0 Å². The molecule has 0 N–H and O–H groups in total. The molecule has 1 aromatic rings. The van der Waals surface area contributed by atoms with Crippen molar-refractivity contribution in [2.75, 3.05) is 0 Å². The molecule has 0 aliphatic rings. The summed E-state index contributed by atoms with van der Waals surface area (Å²) in [6.07, 6.45) is -1.24. The van der Waals surface area contributed by atoms with E-state index in [1.54, 1.807) is 18.2 Å². The van der Waals surface area contributed by atoms with Gasteiger partial charge >= 0.3 is 5.92 Å². The summed E-state index contributed by atoms with van der Waals surface area (Å²) in [6, 6.07) is 10.4. The van der Waals surface area contributed by atoms with E-state index in [2.05, 4.69) is 0 Å². The third-order valence-corrected chi connectivity index (χ3v) is 2.39. The van der Waals surface area contributed by atoms with E-state index in [1.165, 1.54) is 24.3 Å². The lowest BCUT2D eigenvalue weighted by molar-refractivity contribution is -0.00102. The second-order valence-corrected chi connectivity index (χ2v) is 3.79. The third kappa shape index (κ3) is 3.36. The number of rotatable bonds is 5. The molecule has 0 saturated carbocycles. The number of nitriles is 2. The van der Waals surface area contributed by atoms with Crippen LogP contribution in [0.3, 0.4) is 0 Å². The highest BCUT2D eigenvalue weighted by Crippen LogP contribution is 2.28. The summed E-state index contributed by atoms with van der Waals surface area (Å²) in [5.41, 5.74) is -0.101. The molecule has 1 aromatic carbocycles. The van der Waals surface area contributed by atoms with Crippen LogP contribution in [0.25, 0.3) is 0 Å². The molecule has 18 heavy (non-hydrogen) atoms. The van der Waals surface area contributed by atoms with Gasteiger partial charge in [-0.05, 0) is 0 Å². The monoisotopic (exact) mass is 248 g/mol. The first-order valence-electron chi connectivity index (χ1n) is 5.25. The van der Waals surface area contributed by atoms with Gasteiger partial charge in [0.1, 0.15) is 0 Å². The predicted molar refractivity (Wildman–Crippen MR) is 59.7 cm³/mol. The summed E-state index contributed by atoms with van der Waals surface area (Å²) >= 11 is 0. The number of ketones is 1. The van der Waals surface area contributed by atoms with Crippen molar-refractivity contribution >= 4 is 5.78 Å². The molecule has 0 aliphatic carbocycles. The Labute approximate surface area is 103 Å². The Bertz CT molecular complexity index is 500. The van der Waals surface area contributed by atoms with Gasteiger partial charge in [0.15, 0.2) is 0 Å². The summed E-state index contributed by atoms with van der Waals surface area (Å²) in [5.74, 6) is -6.09. The van der Waals surface area contributed by atoms with Gasteiger partial charge in [0.25, 0.3) is 0 Å². The molecule has 0 aliphatic heterocycles. The molecule has 0 aromatic heterocycles. The summed E-state index contributed by atoms with van der Waals surface area (Å²) in [6.45, 7) is 0. The first-order valence-corrected chi connectivity index (χ1v) is 5.25. The Balaban J connectivity index is 2.84. The average Bonchev–Trinajstić information content (AvgIpc) is 2.38. The molecule has 1 atom stereocenters. The molecule has 5 heteroatoms. The molecule has 0 heterocycles. The Morgan fingerprint density at radius 3 is 2.39 bits per heavy atom. The molecule has 92 valence electrons. The van der Waals surface area contributed by atoms with Crippen molar-refractivity contribution in [3.8, 4) is 12.1 Å². The van der Waals surface area contributed by atoms with Gasteiger partial charge in [-0.2, -0.15) is 19.3 Å². The molecule has 0 bridgehead atoms. The fourth-order valence-corrected chi connectivity index (χ4v) is 1.48. The largest absolute Gasteiger partial charge is 0.311 e. The highest BCUT2D eigenvalue weighted by molar-refractivity contribution is 6.01. The molecular weight excluding hydrogens is 238 g/mol. The number of hydrogen-bond donors (Lipinski definition) is 0. The standard InChI is InChI=1S/C13H10F2N2O/c14-13(15,8-10(9-17)6-7-16)12(18)11-4-2-1-3-5-11/h1-5,10H,6,8H2. The quantitative estimate of drug-likeness (QED) is 0.752. The number of halogens is 2. The van der Waals surface area contributed by atoms with Crippen LogP contribution in [-0.2, 0) is 0 Å². The van der Waals surface area contributed by atoms with Gasteiger partial charge in [-0.25, -0.2) is 0 Å². The van der Waals surface area contributed by atoms with Crippen LogP contribution >= 0.6 is 0 Å². The van der Waals surface area contributed by atoms with Crippen LogP contribution in [0.5, 0.6) is 0 Å². The van der Waals surface area contributed by atoms with E-state index in [0.29, 0.717) is 0 Å². The number of benzene rings is 1. The van der Waals surface area contributed by atoms with Gasteiger partial charge in [-0.15, -0.1) is 0 Å². The predicted octanol–water partition coefficient (Wildman–Crippen LogP) is 2.95. The maximum atomic E-state index is 13.7. The Hall–Kier alpha value is -2.27. The van der Waals surface area contributed by atoms with Gasteiger partial charge in [-0.3, -0.25) is 4.79 Å². The SMILES string of the molecule is N#CCC(C#N)CC(F)(F)C(=O)c1ccccc1. The van der Waals surface area contributed by atoms with Crippen molar-refractivity contribution < 1.29 is 13.6 Å². The highest BCUT2D eigenvalue weighted by atomic mass is 19.3. The lowest BCUT2D eigenvalue weighted by atomic mass is 9.94. The number of alkyl halides is 2. The number of Topliss-reactive ketones (excluding diaryl/α,β-unsaturated/α-hetero) is 1. The zero-order chi connectivity index (χ0) is 13.6. The maximum absolute atomic E-state index is 13.7. The molecule has 3 nitrogen and oxygen atoms in total. The van der Waals surface area contributed by atoms with Crippen molar-refractivity contribution in [3.63, 3.8) is 0 Å². The fraction of sp³-hybridized carbons (Fsp3) is 0.308.